The highest BCUT2D eigenvalue weighted by Gasteiger charge is 2.29. The van der Waals surface area contributed by atoms with Crippen LogP contribution in [0.25, 0.3) is 0 Å². The van der Waals surface area contributed by atoms with E-state index in [1.807, 2.05) is 0 Å². The summed E-state index contributed by atoms with van der Waals surface area (Å²) in [5.74, 6) is -3.54. The van der Waals surface area contributed by atoms with Gasteiger partial charge in [-0.25, -0.2) is 9.59 Å². The number of aliphatic hydroxyl groups excluding tert-OH is 3. The van der Waals surface area contributed by atoms with E-state index in [1.54, 1.807) is 0 Å². The summed E-state index contributed by atoms with van der Waals surface area (Å²) in [5.41, 5.74) is 4.78. The third-order valence-electron chi connectivity index (χ3n) is 0.934. The van der Waals surface area contributed by atoms with Crippen molar-refractivity contribution in [3.8, 4) is 0 Å². The minimum atomic E-state index is -2.27. The molecule has 0 aromatic rings. The standard InChI is InChI=1S/C4H6O6.C2H7NO/c5-1(3(7)8)2(6)4(9)10;3-1-2-4/h1-2,5-6H,(H,7,8)(H,9,10);4H,1-3H2/t1-,2-;/m1./s1. The lowest BCUT2D eigenvalue weighted by Crippen LogP contribution is -2.39. The van der Waals surface area contributed by atoms with E-state index in [-0.39, 0.29) is 6.61 Å². The first kappa shape index (κ1) is 15.3. The van der Waals surface area contributed by atoms with Gasteiger partial charge in [-0.15, -0.1) is 0 Å². The lowest BCUT2D eigenvalue weighted by atomic mass is 10.2. The van der Waals surface area contributed by atoms with Gasteiger partial charge in [0, 0.05) is 6.54 Å². The first-order chi connectivity index (χ1) is 6.38. The van der Waals surface area contributed by atoms with Gasteiger partial charge in [0.25, 0.3) is 0 Å². The number of carboxylic acid groups (broad SMARTS) is 2. The number of nitrogens with two attached hydrogens (primary N) is 1. The van der Waals surface area contributed by atoms with Crippen molar-refractivity contribution in [2.24, 2.45) is 5.73 Å². The summed E-state index contributed by atoms with van der Waals surface area (Å²) in [4.78, 5) is 19.5. The fourth-order valence-corrected chi connectivity index (χ4v) is 0.270. The number of carboxylic acids is 2. The van der Waals surface area contributed by atoms with Crippen molar-refractivity contribution >= 4 is 11.9 Å². The van der Waals surface area contributed by atoms with Crippen molar-refractivity contribution < 1.29 is 35.1 Å². The average molecular weight is 211 g/mol. The molecule has 0 unspecified atom stereocenters. The Bertz CT molecular complexity index is 163. The molecule has 0 aliphatic heterocycles. The Morgan fingerprint density at radius 1 is 1.07 bits per heavy atom. The van der Waals surface area contributed by atoms with E-state index < -0.39 is 24.1 Å². The fourth-order valence-electron chi connectivity index (χ4n) is 0.270. The van der Waals surface area contributed by atoms with Crippen LogP contribution in [-0.4, -0.2) is 62.8 Å². The third kappa shape index (κ3) is 7.43. The molecular formula is C6H13NO7. The molecule has 0 spiro atoms. The number of rotatable bonds is 4. The molecule has 0 aliphatic rings. The molecule has 0 saturated carbocycles. The SMILES string of the molecule is NCCO.O=C(O)[C@H](O)[C@@H](O)C(=O)O. The van der Waals surface area contributed by atoms with Crippen LogP contribution in [0.2, 0.25) is 0 Å². The van der Waals surface area contributed by atoms with E-state index in [2.05, 4.69) is 0 Å². The predicted molar refractivity (Wildman–Crippen MR) is 43.4 cm³/mol. The van der Waals surface area contributed by atoms with Crippen LogP contribution in [0.15, 0.2) is 0 Å². The maximum atomic E-state index is 9.77. The molecule has 0 bridgehead atoms. The van der Waals surface area contributed by atoms with Gasteiger partial charge >= 0.3 is 11.9 Å². The van der Waals surface area contributed by atoms with E-state index in [9.17, 15) is 9.59 Å². The zero-order chi connectivity index (χ0) is 11.7. The van der Waals surface area contributed by atoms with Crippen LogP contribution in [-0.2, 0) is 9.59 Å². The zero-order valence-electron chi connectivity index (χ0n) is 7.20. The van der Waals surface area contributed by atoms with Crippen LogP contribution in [0, 0.1) is 0 Å². The average Bonchev–Trinajstić information content (AvgIpc) is 2.15. The van der Waals surface area contributed by atoms with E-state index in [4.69, 9.17) is 31.3 Å². The smallest absolute Gasteiger partial charge is 0.335 e. The van der Waals surface area contributed by atoms with Crippen molar-refractivity contribution in [1.29, 1.82) is 0 Å². The molecule has 0 rings (SSSR count). The highest BCUT2D eigenvalue weighted by molar-refractivity contribution is 5.82. The molecule has 0 fully saturated rings. The van der Waals surface area contributed by atoms with Crippen molar-refractivity contribution in [2.75, 3.05) is 13.2 Å². The van der Waals surface area contributed by atoms with Gasteiger partial charge < -0.3 is 31.3 Å². The molecule has 84 valence electrons. The molecule has 0 aromatic carbocycles. The number of hydrogen-bond acceptors (Lipinski definition) is 6. The lowest BCUT2D eigenvalue weighted by Gasteiger charge is -2.07. The quantitative estimate of drug-likeness (QED) is 0.283. The second-order valence-corrected chi connectivity index (χ2v) is 2.08. The molecule has 0 radical (unpaired) electrons. The first-order valence-corrected chi connectivity index (χ1v) is 3.51. The molecule has 7 N–H and O–H groups in total. The second-order valence-electron chi connectivity index (χ2n) is 2.08. The topological polar surface area (TPSA) is 161 Å². The maximum absolute atomic E-state index is 9.77. The summed E-state index contributed by atoms with van der Waals surface area (Å²) in [6, 6.07) is 0. The van der Waals surface area contributed by atoms with Crippen LogP contribution in [0.4, 0.5) is 0 Å². The number of aliphatic hydroxyl groups is 3. The summed E-state index contributed by atoms with van der Waals surface area (Å²) in [7, 11) is 0. The Hall–Kier alpha value is -1.22. The summed E-state index contributed by atoms with van der Waals surface area (Å²) < 4.78 is 0. The third-order valence-corrected chi connectivity index (χ3v) is 0.934. The summed E-state index contributed by atoms with van der Waals surface area (Å²) in [6.07, 6.45) is -4.53. The van der Waals surface area contributed by atoms with E-state index in [0.29, 0.717) is 6.54 Å². The molecule has 8 heteroatoms. The molecule has 0 saturated heterocycles. The predicted octanol–water partition coefficient (Wildman–Crippen LogP) is -3.19. The summed E-state index contributed by atoms with van der Waals surface area (Å²) >= 11 is 0. The molecule has 0 amide bonds. The Morgan fingerprint density at radius 3 is 1.36 bits per heavy atom. The van der Waals surface area contributed by atoms with E-state index in [0.717, 1.165) is 0 Å². The normalized spacial score (nSPS) is 13.4. The van der Waals surface area contributed by atoms with Crippen LogP contribution in [0.3, 0.4) is 0 Å². The van der Waals surface area contributed by atoms with Gasteiger partial charge in [0.2, 0.25) is 0 Å². The highest BCUT2D eigenvalue weighted by Crippen LogP contribution is 1.92. The monoisotopic (exact) mass is 211 g/mol. The molecule has 0 aliphatic carbocycles. The minimum absolute atomic E-state index is 0.0972. The lowest BCUT2D eigenvalue weighted by molar-refractivity contribution is -0.165. The van der Waals surface area contributed by atoms with Gasteiger partial charge in [-0.3, -0.25) is 0 Å². The van der Waals surface area contributed by atoms with Crippen molar-refractivity contribution in [2.45, 2.75) is 12.2 Å². The van der Waals surface area contributed by atoms with Gasteiger partial charge in [0.15, 0.2) is 12.2 Å². The van der Waals surface area contributed by atoms with Crippen LogP contribution >= 0.6 is 0 Å². The Morgan fingerprint density at radius 2 is 1.29 bits per heavy atom. The molecule has 2 atom stereocenters. The Labute approximate surface area is 79.2 Å². The number of hydrogen-bond donors (Lipinski definition) is 6. The van der Waals surface area contributed by atoms with Gasteiger partial charge in [-0.1, -0.05) is 0 Å². The van der Waals surface area contributed by atoms with Gasteiger partial charge in [-0.05, 0) is 0 Å². The van der Waals surface area contributed by atoms with E-state index in [1.165, 1.54) is 0 Å². The molecule has 8 nitrogen and oxygen atoms in total. The van der Waals surface area contributed by atoms with Crippen LogP contribution in [0.1, 0.15) is 0 Å². The Kier molecular flexibility index (Phi) is 9.14. The molecule has 0 heterocycles. The van der Waals surface area contributed by atoms with Crippen LogP contribution in [0.5, 0.6) is 0 Å². The molecule has 0 aromatic heterocycles. The highest BCUT2D eigenvalue weighted by atomic mass is 16.4. The fraction of sp³-hybridized carbons (Fsp3) is 0.667. The van der Waals surface area contributed by atoms with Crippen molar-refractivity contribution in [3.05, 3.63) is 0 Å². The zero-order valence-corrected chi connectivity index (χ0v) is 7.20. The van der Waals surface area contributed by atoms with Gasteiger partial charge in [0.05, 0.1) is 6.61 Å². The second kappa shape index (κ2) is 8.38. The first-order valence-electron chi connectivity index (χ1n) is 3.51. The van der Waals surface area contributed by atoms with E-state index >= 15 is 0 Å². The number of carbonyl (C=O) groups is 2. The van der Waals surface area contributed by atoms with Crippen molar-refractivity contribution in [1.82, 2.24) is 0 Å². The van der Waals surface area contributed by atoms with Crippen molar-refractivity contribution in [3.63, 3.8) is 0 Å². The summed E-state index contributed by atoms with van der Waals surface area (Å²) in [5, 5.41) is 40.3. The molecule has 14 heavy (non-hydrogen) atoms. The Balaban J connectivity index is 0. The largest absolute Gasteiger partial charge is 0.479 e. The minimum Gasteiger partial charge on any atom is -0.479 e. The number of aliphatic carboxylic acids is 2. The summed E-state index contributed by atoms with van der Waals surface area (Å²) in [6.45, 7) is 0.472. The maximum Gasteiger partial charge on any atom is 0.335 e. The van der Waals surface area contributed by atoms with Gasteiger partial charge in [0.1, 0.15) is 0 Å². The van der Waals surface area contributed by atoms with Crippen LogP contribution < -0.4 is 5.73 Å². The van der Waals surface area contributed by atoms with Gasteiger partial charge in [-0.2, -0.15) is 0 Å². The molecular weight excluding hydrogens is 198 g/mol.